The standard InChI is InChI=1S/C33H26N10O4/c1-3-17-41(18-4-2)31-34-32(46-21-13-15-27(29(44)19-21)42-37-23-9-5-6-10-24(23)38-42)36-33(35-31)47-22-14-16-28(30(45)20-22)43-39-25-11-7-8-12-26(25)40-43/h3-16,19-20,44-45H,1-2,17-18H2. The molecular formula is C33H26N10O4. The Morgan fingerprint density at radius 1 is 0.596 bits per heavy atom. The van der Waals surface area contributed by atoms with Crippen molar-refractivity contribution in [3.05, 3.63) is 110 Å². The lowest BCUT2D eigenvalue weighted by molar-refractivity contribution is 0.392. The van der Waals surface area contributed by atoms with E-state index in [2.05, 4.69) is 48.5 Å². The van der Waals surface area contributed by atoms with Gasteiger partial charge in [-0.15, -0.1) is 48.1 Å². The summed E-state index contributed by atoms with van der Waals surface area (Å²) in [4.78, 5) is 17.8. The molecule has 0 fully saturated rings. The Kier molecular flexibility index (Phi) is 7.55. The largest absolute Gasteiger partial charge is 0.505 e. The lowest BCUT2D eigenvalue weighted by Crippen LogP contribution is -2.25. The third-order valence-electron chi connectivity index (χ3n) is 6.88. The minimum absolute atomic E-state index is 0.105. The van der Waals surface area contributed by atoms with Crippen LogP contribution in [0.1, 0.15) is 0 Å². The quantitative estimate of drug-likeness (QED) is 0.173. The first kappa shape index (κ1) is 28.9. The van der Waals surface area contributed by atoms with Crippen molar-refractivity contribution in [1.29, 1.82) is 0 Å². The van der Waals surface area contributed by atoms with Crippen molar-refractivity contribution in [2.45, 2.75) is 0 Å². The summed E-state index contributed by atoms with van der Waals surface area (Å²) in [6, 6.07) is 23.9. The number of phenols is 2. The molecule has 0 radical (unpaired) electrons. The summed E-state index contributed by atoms with van der Waals surface area (Å²) < 4.78 is 11.9. The summed E-state index contributed by atoms with van der Waals surface area (Å²) in [6.45, 7) is 8.42. The van der Waals surface area contributed by atoms with Crippen LogP contribution in [0.25, 0.3) is 33.4 Å². The molecule has 0 saturated heterocycles. The second kappa shape index (κ2) is 12.3. The predicted molar refractivity (Wildman–Crippen MR) is 174 cm³/mol. The first-order valence-electron chi connectivity index (χ1n) is 14.4. The Morgan fingerprint density at radius 3 is 1.36 bits per heavy atom. The molecule has 0 aliphatic carbocycles. The molecule has 0 atom stereocenters. The zero-order valence-corrected chi connectivity index (χ0v) is 24.7. The summed E-state index contributed by atoms with van der Waals surface area (Å²) in [6.07, 6.45) is 3.39. The topological polar surface area (TPSA) is 162 Å². The number of nitrogens with zero attached hydrogens (tertiary/aromatic N) is 10. The highest BCUT2D eigenvalue weighted by Gasteiger charge is 2.18. The zero-order chi connectivity index (χ0) is 32.3. The van der Waals surface area contributed by atoms with E-state index < -0.39 is 0 Å². The second-order valence-electron chi connectivity index (χ2n) is 10.1. The summed E-state index contributed by atoms with van der Waals surface area (Å²) in [7, 11) is 0. The highest BCUT2D eigenvalue weighted by atomic mass is 16.5. The lowest BCUT2D eigenvalue weighted by Gasteiger charge is -2.20. The Bertz CT molecular complexity index is 2040. The highest BCUT2D eigenvalue weighted by Crippen LogP contribution is 2.32. The number of hydrogen-bond acceptors (Lipinski definition) is 12. The van der Waals surface area contributed by atoms with E-state index in [1.165, 1.54) is 21.7 Å². The van der Waals surface area contributed by atoms with E-state index in [0.29, 0.717) is 46.5 Å². The molecule has 0 aliphatic rings. The van der Waals surface area contributed by atoms with Gasteiger partial charge in [-0.25, -0.2) is 0 Å². The maximum atomic E-state index is 10.8. The van der Waals surface area contributed by atoms with Gasteiger partial charge in [0, 0.05) is 25.2 Å². The van der Waals surface area contributed by atoms with E-state index in [4.69, 9.17) is 9.47 Å². The van der Waals surface area contributed by atoms with Crippen LogP contribution in [-0.2, 0) is 0 Å². The van der Waals surface area contributed by atoms with Crippen molar-refractivity contribution in [1.82, 2.24) is 44.9 Å². The normalized spacial score (nSPS) is 11.1. The molecule has 0 unspecified atom stereocenters. The number of hydrogen-bond donors (Lipinski definition) is 2. The highest BCUT2D eigenvalue weighted by molar-refractivity contribution is 5.74. The molecule has 3 aromatic heterocycles. The number of aromatic nitrogens is 9. The number of aromatic hydroxyl groups is 2. The third-order valence-corrected chi connectivity index (χ3v) is 6.88. The summed E-state index contributed by atoms with van der Waals surface area (Å²) in [5.41, 5.74) is 3.48. The minimum Gasteiger partial charge on any atom is -0.505 e. The second-order valence-corrected chi connectivity index (χ2v) is 10.1. The van der Waals surface area contributed by atoms with E-state index in [0.717, 1.165) is 0 Å². The molecule has 0 bridgehead atoms. The number of anilines is 1. The average molecular weight is 627 g/mol. The van der Waals surface area contributed by atoms with Gasteiger partial charge in [0.15, 0.2) is 0 Å². The molecule has 47 heavy (non-hydrogen) atoms. The van der Waals surface area contributed by atoms with Crippen LogP contribution in [0.5, 0.6) is 35.0 Å². The first-order valence-corrected chi connectivity index (χ1v) is 14.4. The predicted octanol–water partition coefficient (Wildman–Crippen LogP) is 5.51. The zero-order valence-electron chi connectivity index (χ0n) is 24.7. The van der Waals surface area contributed by atoms with Gasteiger partial charge in [0.1, 0.15) is 56.4 Å². The molecular weight excluding hydrogens is 600 g/mol. The minimum atomic E-state index is -0.122. The fourth-order valence-electron chi connectivity index (χ4n) is 4.73. The summed E-state index contributed by atoms with van der Waals surface area (Å²) >= 11 is 0. The van der Waals surface area contributed by atoms with Crippen molar-refractivity contribution < 1.29 is 19.7 Å². The van der Waals surface area contributed by atoms with Crippen molar-refractivity contribution in [2.24, 2.45) is 0 Å². The molecule has 3 heterocycles. The van der Waals surface area contributed by atoms with Crippen molar-refractivity contribution in [3.63, 3.8) is 0 Å². The van der Waals surface area contributed by atoms with Gasteiger partial charge in [0.2, 0.25) is 5.95 Å². The SMILES string of the molecule is C=CCN(CC=C)c1nc(Oc2ccc(-n3nc4ccccc4n3)c(O)c2)nc(Oc2ccc(-n3nc4ccccc4n3)c(O)c2)n1. The van der Waals surface area contributed by atoms with Gasteiger partial charge in [0.25, 0.3) is 0 Å². The summed E-state index contributed by atoms with van der Waals surface area (Å²) in [5.74, 6) is 0.468. The van der Waals surface area contributed by atoms with Gasteiger partial charge in [-0.3, -0.25) is 0 Å². The Hall–Kier alpha value is -6.83. The maximum Gasteiger partial charge on any atom is 0.330 e. The number of benzene rings is 4. The number of phenolic OH excluding ortho intramolecular Hbond substituents is 2. The van der Waals surface area contributed by atoms with E-state index in [-0.39, 0.29) is 41.0 Å². The van der Waals surface area contributed by atoms with Gasteiger partial charge in [0.05, 0.1) is 0 Å². The van der Waals surface area contributed by atoms with E-state index in [1.54, 1.807) is 41.3 Å². The van der Waals surface area contributed by atoms with Crippen molar-refractivity contribution in [2.75, 3.05) is 18.0 Å². The molecule has 7 aromatic rings. The van der Waals surface area contributed by atoms with E-state index in [1.807, 2.05) is 48.5 Å². The van der Waals surface area contributed by atoms with Crippen LogP contribution in [0.3, 0.4) is 0 Å². The van der Waals surface area contributed by atoms with Crippen LogP contribution >= 0.6 is 0 Å². The number of ether oxygens (including phenoxy) is 2. The van der Waals surface area contributed by atoms with Crippen molar-refractivity contribution >= 4 is 28.0 Å². The number of rotatable bonds is 11. The molecule has 2 N–H and O–H groups in total. The van der Waals surface area contributed by atoms with Crippen LogP contribution in [-0.4, -0.2) is 68.2 Å². The van der Waals surface area contributed by atoms with Gasteiger partial charge >= 0.3 is 12.0 Å². The third kappa shape index (κ3) is 5.98. The van der Waals surface area contributed by atoms with Crippen LogP contribution in [0.15, 0.2) is 110 Å². The van der Waals surface area contributed by atoms with Gasteiger partial charge in [-0.05, 0) is 48.5 Å². The molecule has 0 spiro atoms. The van der Waals surface area contributed by atoms with Crippen LogP contribution in [0.2, 0.25) is 0 Å². The molecule has 0 aliphatic heterocycles. The van der Waals surface area contributed by atoms with Crippen LogP contribution < -0.4 is 14.4 Å². The molecule has 0 amide bonds. The molecule has 14 nitrogen and oxygen atoms in total. The molecule has 4 aromatic carbocycles. The van der Waals surface area contributed by atoms with Crippen LogP contribution in [0.4, 0.5) is 5.95 Å². The lowest BCUT2D eigenvalue weighted by atomic mass is 10.3. The summed E-state index contributed by atoms with van der Waals surface area (Å²) in [5, 5.41) is 39.3. The van der Waals surface area contributed by atoms with E-state index >= 15 is 0 Å². The molecule has 7 rings (SSSR count). The van der Waals surface area contributed by atoms with Crippen molar-refractivity contribution in [3.8, 4) is 46.4 Å². The van der Waals surface area contributed by atoms with Gasteiger partial charge < -0.3 is 24.6 Å². The maximum absolute atomic E-state index is 10.8. The molecule has 14 heteroatoms. The Labute approximate surface area is 267 Å². The fraction of sp³-hybridized carbons (Fsp3) is 0.0606. The van der Waals surface area contributed by atoms with Crippen LogP contribution in [0, 0.1) is 0 Å². The fourth-order valence-corrected chi connectivity index (χ4v) is 4.73. The van der Waals surface area contributed by atoms with E-state index in [9.17, 15) is 10.2 Å². The Morgan fingerprint density at radius 2 is 1.00 bits per heavy atom. The van der Waals surface area contributed by atoms with Gasteiger partial charge in [-0.2, -0.15) is 9.97 Å². The average Bonchev–Trinajstić information content (AvgIpc) is 3.69. The number of fused-ring (bicyclic) bond motifs is 2. The van der Waals surface area contributed by atoms with Gasteiger partial charge in [-0.1, -0.05) is 36.4 Å². The first-order chi connectivity index (χ1) is 23.0. The Balaban J connectivity index is 1.18. The molecule has 232 valence electrons. The molecule has 0 saturated carbocycles. The monoisotopic (exact) mass is 626 g/mol. The smallest absolute Gasteiger partial charge is 0.330 e.